The standard InChI is InChI=1S/C14H12F6N4O/c1-6(7-2-4-8(5-3-7)13(15,16)17)24-11(21)9(12(22)25)10(23-24)14(18,19)20/h2-6H,21H2,1H3,(H2,22,25). The minimum Gasteiger partial charge on any atom is -0.383 e. The van der Waals surface area contributed by atoms with E-state index < -0.39 is 46.9 Å². The highest BCUT2D eigenvalue weighted by molar-refractivity contribution is 5.98. The number of carbonyl (C=O) groups is 1. The van der Waals surface area contributed by atoms with Gasteiger partial charge in [-0.3, -0.25) is 4.79 Å². The quantitative estimate of drug-likeness (QED) is 0.818. The maximum absolute atomic E-state index is 13.0. The number of benzene rings is 1. The van der Waals surface area contributed by atoms with E-state index in [1.54, 1.807) is 0 Å². The monoisotopic (exact) mass is 366 g/mol. The predicted octanol–water partition coefficient (Wildman–Crippen LogP) is 3.21. The van der Waals surface area contributed by atoms with Crippen molar-refractivity contribution in [1.82, 2.24) is 9.78 Å². The Labute approximate surface area is 137 Å². The highest BCUT2D eigenvalue weighted by Crippen LogP contribution is 2.36. The summed E-state index contributed by atoms with van der Waals surface area (Å²) in [5.74, 6) is -2.03. The van der Waals surface area contributed by atoms with Crippen LogP contribution in [0.25, 0.3) is 0 Å². The van der Waals surface area contributed by atoms with Crippen LogP contribution in [0.2, 0.25) is 0 Å². The Morgan fingerprint density at radius 2 is 1.60 bits per heavy atom. The molecular weight excluding hydrogens is 354 g/mol. The second-order valence-corrected chi connectivity index (χ2v) is 5.21. The Hall–Kier alpha value is -2.72. The molecule has 5 nitrogen and oxygen atoms in total. The lowest BCUT2D eigenvalue weighted by Gasteiger charge is -2.15. The van der Waals surface area contributed by atoms with Crippen LogP contribution in [0, 0.1) is 0 Å². The summed E-state index contributed by atoms with van der Waals surface area (Å²) in [5.41, 5.74) is 7.27. The number of anilines is 1. The molecule has 136 valence electrons. The highest BCUT2D eigenvalue weighted by atomic mass is 19.4. The fourth-order valence-electron chi connectivity index (χ4n) is 2.28. The zero-order chi connectivity index (χ0) is 19.2. The van der Waals surface area contributed by atoms with E-state index in [4.69, 9.17) is 11.5 Å². The zero-order valence-electron chi connectivity index (χ0n) is 12.6. The molecule has 1 atom stereocenters. The first kappa shape index (κ1) is 18.6. The molecule has 0 aliphatic carbocycles. The lowest BCUT2D eigenvalue weighted by Crippen LogP contribution is -2.19. The number of nitrogens with zero attached hydrogens (tertiary/aromatic N) is 2. The fraction of sp³-hybridized carbons (Fsp3) is 0.286. The topological polar surface area (TPSA) is 86.9 Å². The van der Waals surface area contributed by atoms with Gasteiger partial charge in [0.2, 0.25) is 0 Å². The van der Waals surface area contributed by atoms with Crippen molar-refractivity contribution < 1.29 is 31.1 Å². The zero-order valence-corrected chi connectivity index (χ0v) is 12.6. The summed E-state index contributed by atoms with van der Waals surface area (Å²) in [7, 11) is 0. The average Bonchev–Trinajstić information content (AvgIpc) is 2.83. The fourth-order valence-corrected chi connectivity index (χ4v) is 2.28. The van der Waals surface area contributed by atoms with Gasteiger partial charge in [-0.15, -0.1) is 0 Å². The molecule has 0 spiro atoms. The van der Waals surface area contributed by atoms with Crippen LogP contribution in [0.15, 0.2) is 24.3 Å². The summed E-state index contributed by atoms with van der Waals surface area (Å²) in [6, 6.07) is 2.78. The van der Waals surface area contributed by atoms with E-state index >= 15 is 0 Å². The van der Waals surface area contributed by atoms with Gasteiger partial charge < -0.3 is 11.5 Å². The first-order valence-corrected chi connectivity index (χ1v) is 6.76. The van der Waals surface area contributed by atoms with E-state index in [1.165, 1.54) is 6.92 Å². The van der Waals surface area contributed by atoms with Crippen molar-refractivity contribution in [2.24, 2.45) is 5.73 Å². The van der Waals surface area contributed by atoms with Crippen LogP contribution in [-0.4, -0.2) is 15.7 Å². The number of hydrogen-bond acceptors (Lipinski definition) is 3. The smallest absolute Gasteiger partial charge is 0.383 e. The van der Waals surface area contributed by atoms with E-state index in [0.29, 0.717) is 4.68 Å². The molecule has 2 rings (SSSR count). The van der Waals surface area contributed by atoms with Crippen molar-refractivity contribution in [2.45, 2.75) is 25.3 Å². The van der Waals surface area contributed by atoms with Gasteiger partial charge in [0.1, 0.15) is 11.4 Å². The first-order chi connectivity index (χ1) is 11.3. The van der Waals surface area contributed by atoms with Crippen molar-refractivity contribution >= 4 is 11.7 Å². The number of carbonyl (C=O) groups excluding carboxylic acids is 1. The third kappa shape index (κ3) is 3.54. The number of aromatic nitrogens is 2. The number of alkyl halides is 6. The molecule has 11 heteroatoms. The molecule has 1 aromatic heterocycles. The second-order valence-electron chi connectivity index (χ2n) is 5.21. The van der Waals surface area contributed by atoms with Crippen LogP contribution in [0.4, 0.5) is 32.2 Å². The molecule has 0 aliphatic heterocycles. The van der Waals surface area contributed by atoms with Gasteiger partial charge in [0, 0.05) is 0 Å². The molecule has 0 aliphatic rings. The van der Waals surface area contributed by atoms with Crippen molar-refractivity contribution in [2.75, 3.05) is 5.73 Å². The maximum atomic E-state index is 13.0. The van der Waals surface area contributed by atoms with Crippen molar-refractivity contribution in [3.63, 3.8) is 0 Å². The molecule has 2 aromatic rings. The van der Waals surface area contributed by atoms with Gasteiger partial charge in [-0.1, -0.05) is 12.1 Å². The van der Waals surface area contributed by atoms with E-state index in [-0.39, 0.29) is 5.56 Å². The molecule has 4 N–H and O–H groups in total. The van der Waals surface area contributed by atoms with Gasteiger partial charge >= 0.3 is 12.4 Å². The number of amides is 1. The molecule has 0 saturated heterocycles. The third-order valence-electron chi connectivity index (χ3n) is 3.55. The number of halogens is 6. The van der Waals surface area contributed by atoms with Gasteiger partial charge in [0.25, 0.3) is 5.91 Å². The Morgan fingerprint density at radius 1 is 1.08 bits per heavy atom. The normalized spacial score (nSPS) is 13.7. The Bertz CT molecular complexity index is 791. The van der Waals surface area contributed by atoms with Crippen LogP contribution < -0.4 is 11.5 Å². The highest BCUT2D eigenvalue weighted by Gasteiger charge is 2.41. The maximum Gasteiger partial charge on any atom is 0.436 e. The summed E-state index contributed by atoms with van der Waals surface area (Å²) in [6.07, 6.45) is -9.52. The van der Waals surface area contributed by atoms with Gasteiger partial charge in [-0.2, -0.15) is 31.4 Å². The summed E-state index contributed by atoms with van der Waals surface area (Å²) >= 11 is 0. The van der Waals surface area contributed by atoms with Crippen molar-refractivity contribution in [3.8, 4) is 0 Å². The summed E-state index contributed by atoms with van der Waals surface area (Å²) in [5, 5.41) is 3.29. The van der Waals surface area contributed by atoms with Gasteiger partial charge in [-0.05, 0) is 24.6 Å². The number of rotatable bonds is 3. The summed E-state index contributed by atoms with van der Waals surface area (Å²) in [6.45, 7) is 1.37. The molecule has 25 heavy (non-hydrogen) atoms. The van der Waals surface area contributed by atoms with Gasteiger partial charge in [-0.25, -0.2) is 4.68 Å². The van der Waals surface area contributed by atoms with Crippen LogP contribution >= 0.6 is 0 Å². The van der Waals surface area contributed by atoms with Crippen molar-refractivity contribution in [3.05, 3.63) is 46.6 Å². The minimum absolute atomic E-state index is 0.215. The van der Waals surface area contributed by atoms with E-state index in [2.05, 4.69) is 5.10 Å². The average molecular weight is 366 g/mol. The lowest BCUT2D eigenvalue weighted by atomic mass is 10.1. The molecule has 0 radical (unpaired) electrons. The van der Waals surface area contributed by atoms with Gasteiger partial charge in [0.15, 0.2) is 5.69 Å². The first-order valence-electron chi connectivity index (χ1n) is 6.76. The van der Waals surface area contributed by atoms with Crippen LogP contribution in [0.3, 0.4) is 0 Å². The Balaban J connectivity index is 2.50. The summed E-state index contributed by atoms with van der Waals surface area (Å²) in [4.78, 5) is 11.3. The van der Waals surface area contributed by atoms with E-state index in [0.717, 1.165) is 24.3 Å². The molecule has 0 saturated carbocycles. The molecule has 1 amide bonds. The predicted molar refractivity (Wildman–Crippen MR) is 75.4 cm³/mol. The molecule has 1 heterocycles. The van der Waals surface area contributed by atoms with Crippen LogP contribution in [0.5, 0.6) is 0 Å². The third-order valence-corrected chi connectivity index (χ3v) is 3.55. The Morgan fingerprint density at radius 3 is 1.96 bits per heavy atom. The van der Waals surface area contributed by atoms with Gasteiger partial charge in [0.05, 0.1) is 11.6 Å². The molecular formula is C14H12F6N4O. The lowest BCUT2D eigenvalue weighted by molar-refractivity contribution is -0.142. The molecule has 0 bridgehead atoms. The van der Waals surface area contributed by atoms with E-state index in [9.17, 15) is 31.1 Å². The van der Waals surface area contributed by atoms with E-state index in [1.807, 2.05) is 0 Å². The minimum atomic E-state index is -4.97. The SMILES string of the molecule is CC(c1ccc(C(F)(F)F)cc1)n1nc(C(F)(F)F)c(C(N)=O)c1N. The molecule has 1 unspecified atom stereocenters. The second kappa shape index (κ2) is 5.97. The number of primary amides is 1. The molecule has 1 aromatic carbocycles. The number of nitrogens with two attached hydrogens (primary N) is 2. The number of hydrogen-bond donors (Lipinski definition) is 2. The van der Waals surface area contributed by atoms with Crippen molar-refractivity contribution in [1.29, 1.82) is 0 Å². The number of nitrogen functional groups attached to an aromatic ring is 1. The summed E-state index contributed by atoms with van der Waals surface area (Å²) < 4.78 is 77.4. The molecule has 0 fully saturated rings. The Kier molecular flexibility index (Phi) is 4.45. The van der Waals surface area contributed by atoms with Crippen LogP contribution in [0.1, 0.15) is 40.1 Å². The largest absolute Gasteiger partial charge is 0.436 e. The van der Waals surface area contributed by atoms with Crippen LogP contribution in [-0.2, 0) is 12.4 Å².